The normalized spacial score (nSPS) is 19.0. The lowest BCUT2D eigenvalue weighted by Crippen LogP contribution is -2.42. The molecule has 0 saturated carbocycles. The standard InChI is InChI=1S/C21H23F3N4/c1-14(21(22,23)24)15-5-8-19(9-6-15)28-10-2-3-18(13-28)26-17-7-4-16-12-25-27-20(16)11-17/h4-9,11-12,14,18,26H,2-3,10,13H2,1H3,(H,25,27). The van der Waals surface area contributed by atoms with Crippen LogP contribution in [0.1, 0.15) is 31.2 Å². The van der Waals surface area contributed by atoms with E-state index in [2.05, 4.69) is 26.5 Å². The smallest absolute Gasteiger partial charge is 0.380 e. The molecule has 1 fully saturated rings. The van der Waals surface area contributed by atoms with Gasteiger partial charge in [0.25, 0.3) is 0 Å². The van der Waals surface area contributed by atoms with E-state index in [1.54, 1.807) is 30.5 Å². The number of fused-ring (bicyclic) bond motifs is 1. The minimum Gasteiger partial charge on any atom is -0.380 e. The first-order valence-electron chi connectivity index (χ1n) is 9.51. The van der Waals surface area contributed by atoms with E-state index < -0.39 is 12.1 Å². The third-order valence-corrected chi connectivity index (χ3v) is 5.48. The number of hydrogen-bond acceptors (Lipinski definition) is 3. The molecular weight excluding hydrogens is 365 g/mol. The van der Waals surface area contributed by atoms with Gasteiger partial charge in [-0.1, -0.05) is 12.1 Å². The lowest BCUT2D eigenvalue weighted by molar-refractivity contribution is -0.146. The van der Waals surface area contributed by atoms with Crippen molar-refractivity contribution in [3.05, 3.63) is 54.2 Å². The summed E-state index contributed by atoms with van der Waals surface area (Å²) in [5.74, 6) is -1.45. The second-order valence-electron chi connectivity index (χ2n) is 7.46. The van der Waals surface area contributed by atoms with Gasteiger partial charge in [0.05, 0.1) is 17.6 Å². The zero-order valence-electron chi connectivity index (χ0n) is 15.6. The summed E-state index contributed by atoms with van der Waals surface area (Å²) in [6.07, 6.45) is -0.326. The second-order valence-corrected chi connectivity index (χ2v) is 7.46. The third-order valence-electron chi connectivity index (χ3n) is 5.48. The topological polar surface area (TPSA) is 44.0 Å². The van der Waals surface area contributed by atoms with Crippen LogP contribution in [0.2, 0.25) is 0 Å². The van der Waals surface area contributed by atoms with Crippen molar-refractivity contribution in [3.63, 3.8) is 0 Å². The maximum absolute atomic E-state index is 12.9. The number of nitrogens with one attached hydrogen (secondary N) is 2. The van der Waals surface area contributed by atoms with Gasteiger partial charge in [-0.05, 0) is 55.7 Å². The van der Waals surface area contributed by atoms with Crippen LogP contribution >= 0.6 is 0 Å². The van der Waals surface area contributed by atoms with Crippen LogP contribution in [0.4, 0.5) is 24.5 Å². The highest BCUT2D eigenvalue weighted by Gasteiger charge is 2.36. The first-order chi connectivity index (χ1) is 13.4. The van der Waals surface area contributed by atoms with Crippen molar-refractivity contribution < 1.29 is 13.2 Å². The molecule has 148 valence electrons. The summed E-state index contributed by atoms with van der Waals surface area (Å²) in [4.78, 5) is 2.23. The number of benzene rings is 2. The summed E-state index contributed by atoms with van der Waals surface area (Å²) in [5, 5.41) is 11.7. The fourth-order valence-electron chi connectivity index (χ4n) is 3.75. The summed E-state index contributed by atoms with van der Waals surface area (Å²) in [5.41, 5.74) is 3.30. The summed E-state index contributed by atoms with van der Waals surface area (Å²) in [6.45, 7) is 2.92. The number of piperidine rings is 1. The van der Waals surface area contributed by atoms with Gasteiger partial charge >= 0.3 is 6.18 Å². The summed E-state index contributed by atoms with van der Waals surface area (Å²) >= 11 is 0. The second kappa shape index (κ2) is 7.37. The Morgan fingerprint density at radius 1 is 1.18 bits per heavy atom. The molecule has 0 spiro atoms. The number of rotatable bonds is 4. The zero-order chi connectivity index (χ0) is 19.7. The van der Waals surface area contributed by atoms with Crippen molar-refractivity contribution >= 4 is 22.3 Å². The number of anilines is 2. The van der Waals surface area contributed by atoms with Crippen molar-refractivity contribution in [2.75, 3.05) is 23.3 Å². The van der Waals surface area contributed by atoms with Crippen LogP contribution in [0.25, 0.3) is 10.9 Å². The Balaban J connectivity index is 1.43. The molecule has 1 aromatic heterocycles. The molecule has 1 aliphatic heterocycles. The molecule has 4 rings (SSSR count). The van der Waals surface area contributed by atoms with Gasteiger partial charge in [0.1, 0.15) is 0 Å². The molecule has 1 aliphatic rings. The van der Waals surface area contributed by atoms with Gasteiger partial charge in [0.2, 0.25) is 0 Å². The fourth-order valence-corrected chi connectivity index (χ4v) is 3.75. The molecule has 7 heteroatoms. The molecule has 2 aromatic carbocycles. The van der Waals surface area contributed by atoms with Crippen molar-refractivity contribution in [2.45, 2.75) is 37.9 Å². The number of alkyl halides is 3. The Hall–Kier alpha value is -2.70. The Labute approximate surface area is 161 Å². The molecule has 0 radical (unpaired) electrons. The number of hydrogen-bond donors (Lipinski definition) is 2. The molecule has 3 aromatic rings. The summed E-state index contributed by atoms with van der Waals surface area (Å²) < 4.78 is 38.7. The molecular formula is C21H23F3N4. The largest absolute Gasteiger partial charge is 0.395 e. The summed E-state index contributed by atoms with van der Waals surface area (Å²) in [7, 11) is 0. The summed E-state index contributed by atoms with van der Waals surface area (Å²) in [6, 6.07) is 13.2. The average Bonchev–Trinajstić information content (AvgIpc) is 3.15. The number of aromatic nitrogens is 2. The van der Waals surface area contributed by atoms with Crippen molar-refractivity contribution in [1.29, 1.82) is 0 Å². The molecule has 2 unspecified atom stereocenters. The molecule has 2 heterocycles. The van der Waals surface area contributed by atoms with E-state index in [0.717, 1.165) is 48.2 Å². The highest BCUT2D eigenvalue weighted by Crippen LogP contribution is 2.35. The lowest BCUT2D eigenvalue weighted by atomic mass is 9.99. The Kier molecular flexibility index (Phi) is 4.91. The van der Waals surface area contributed by atoms with Gasteiger partial charge in [-0.15, -0.1) is 0 Å². The van der Waals surface area contributed by atoms with Gasteiger partial charge in [-0.25, -0.2) is 0 Å². The molecule has 2 atom stereocenters. The van der Waals surface area contributed by atoms with Crippen LogP contribution in [0.3, 0.4) is 0 Å². The van der Waals surface area contributed by atoms with Gasteiger partial charge in [0, 0.05) is 35.9 Å². The Bertz CT molecular complexity index is 933. The van der Waals surface area contributed by atoms with E-state index in [1.807, 2.05) is 12.1 Å². The lowest BCUT2D eigenvalue weighted by Gasteiger charge is -2.35. The highest BCUT2D eigenvalue weighted by molar-refractivity contribution is 5.81. The maximum Gasteiger partial charge on any atom is 0.395 e. The average molecular weight is 388 g/mol. The fraction of sp³-hybridized carbons (Fsp3) is 0.381. The molecule has 0 bridgehead atoms. The van der Waals surface area contributed by atoms with Gasteiger partial charge in [-0.2, -0.15) is 18.3 Å². The van der Waals surface area contributed by atoms with Crippen molar-refractivity contribution in [2.24, 2.45) is 0 Å². The highest BCUT2D eigenvalue weighted by atomic mass is 19.4. The van der Waals surface area contributed by atoms with Gasteiger partial charge in [0.15, 0.2) is 0 Å². The molecule has 4 nitrogen and oxygen atoms in total. The van der Waals surface area contributed by atoms with Crippen LogP contribution in [-0.4, -0.2) is 35.5 Å². The number of aromatic amines is 1. The third kappa shape index (κ3) is 3.93. The van der Waals surface area contributed by atoms with E-state index in [9.17, 15) is 13.2 Å². The monoisotopic (exact) mass is 388 g/mol. The van der Waals surface area contributed by atoms with Gasteiger partial charge in [-0.3, -0.25) is 5.10 Å². The maximum atomic E-state index is 12.9. The van der Waals surface area contributed by atoms with E-state index in [4.69, 9.17) is 0 Å². The van der Waals surface area contributed by atoms with Crippen LogP contribution in [0.5, 0.6) is 0 Å². The van der Waals surface area contributed by atoms with Crippen LogP contribution in [0.15, 0.2) is 48.7 Å². The quantitative estimate of drug-likeness (QED) is 0.637. The first kappa shape index (κ1) is 18.7. The molecule has 1 saturated heterocycles. The van der Waals surface area contributed by atoms with Crippen molar-refractivity contribution in [3.8, 4) is 0 Å². The van der Waals surface area contributed by atoms with Crippen molar-refractivity contribution in [1.82, 2.24) is 10.2 Å². The predicted octanol–water partition coefficient (Wildman–Crippen LogP) is 5.31. The number of H-pyrrole nitrogens is 1. The predicted molar refractivity (Wildman–Crippen MR) is 106 cm³/mol. The SMILES string of the molecule is CC(c1ccc(N2CCCC(Nc3ccc4cn[nH]c4c3)C2)cc1)C(F)(F)F. The molecule has 0 aliphatic carbocycles. The Morgan fingerprint density at radius 3 is 2.71 bits per heavy atom. The van der Waals surface area contributed by atoms with Crippen LogP contribution in [-0.2, 0) is 0 Å². The number of nitrogens with zero attached hydrogens (tertiary/aromatic N) is 2. The van der Waals surface area contributed by atoms with E-state index in [1.165, 1.54) is 6.92 Å². The zero-order valence-corrected chi connectivity index (χ0v) is 15.6. The minimum atomic E-state index is -4.21. The molecule has 2 N–H and O–H groups in total. The minimum absolute atomic E-state index is 0.280. The van der Waals surface area contributed by atoms with E-state index >= 15 is 0 Å². The van der Waals surface area contributed by atoms with E-state index in [0.29, 0.717) is 5.56 Å². The molecule has 28 heavy (non-hydrogen) atoms. The van der Waals surface area contributed by atoms with Crippen LogP contribution < -0.4 is 10.2 Å². The van der Waals surface area contributed by atoms with E-state index in [-0.39, 0.29) is 6.04 Å². The van der Waals surface area contributed by atoms with Crippen LogP contribution in [0, 0.1) is 0 Å². The molecule has 0 amide bonds. The van der Waals surface area contributed by atoms with Gasteiger partial charge < -0.3 is 10.2 Å². The number of halogens is 3. The Morgan fingerprint density at radius 2 is 1.96 bits per heavy atom. The first-order valence-corrected chi connectivity index (χ1v) is 9.51.